The molecule has 2 aliphatic rings. The van der Waals surface area contributed by atoms with Crippen molar-refractivity contribution in [2.75, 3.05) is 13.1 Å². The SMILES string of the molecule is CC(OC(=O)C1CCN(S(=O)(=O)c2ccc(C(C)C)cc2)CC1)C(=O)NC1CCCCC1. The van der Waals surface area contributed by atoms with E-state index < -0.39 is 28.0 Å². The molecule has 7 nitrogen and oxygen atoms in total. The highest BCUT2D eigenvalue weighted by atomic mass is 32.2. The lowest BCUT2D eigenvalue weighted by Crippen LogP contribution is -2.44. The molecule has 178 valence electrons. The van der Waals surface area contributed by atoms with Crippen LogP contribution in [-0.2, 0) is 24.3 Å². The molecular formula is C24H36N2O5S. The van der Waals surface area contributed by atoms with Gasteiger partial charge in [-0.3, -0.25) is 9.59 Å². The minimum atomic E-state index is -3.59. The van der Waals surface area contributed by atoms with Crippen molar-refractivity contribution < 1.29 is 22.7 Å². The molecule has 1 aliphatic heterocycles. The van der Waals surface area contributed by atoms with Gasteiger partial charge in [-0.15, -0.1) is 0 Å². The van der Waals surface area contributed by atoms with Crippen molar-refractivity contribution in [1.29, 1.82) is 0 Å². The molecule has 2 fully saturated rings. The van der Waals surface area contributed by atoms with Gasteiger partial charge in [-0.2, -0.15) is 4.31 Å². The third kappa shape index (κ3) is 6.10. The predicted molar refractivity (Wildman–Crippen MR) is 123 cm³/mol. The fourth-order valence-electron chi connectivity index (χ4n) is 4.40. The van der Waals surface area contributed by atoms with Crippen LogP contribution in [-0.4, -0.2) is 49.8 Å². The molecule has 3 rings (SSSR count). The number of nitrogens with zero attached hydrogens (tertiary/aromatic N) is 1. The Balaban J connectivity index is 1.49. The van der Waals surface area contributed by atoms with Crippen molar-refractivity contribution in [1.82, 2.24) is 9.62 Å². The van der Waals surface area contributed by atoms with Crippen molar-refractivity contribution in [3.05, 3.63) is 29.8 Å². The number of ether oxygens (including phenoxy) is 1. The third-order valence-electron chi connectivity index (χ3n) is 6.59. The number of benzene rings is 1. The Kier molecular flexibility index (Phi) is 8.33. The molecule has 1 aliphatic carbocycles. The van der Waals surface area contributed by atoms with Crippen LogP contribution >= 0.6 is 0 Å². The fourth-order valence-corrected chi connectivity index (χ4v) is 5.86. The summed E-state index contributed by atoms with van der Waals surface area (Å²) in [7, 11) is -3.59. The zero-order chi connectivity index (χ0) is 23.3. The highest BCUT2D eigenvalue weighted by Gasteiger charge is 2.34. The van der Waals surface area contributed by atoms with Crippen LogP contribution in [0, 0.1) is 5.92 Å². The summed E-state index contributed by atoms with van der Waals surface area (Å²) in [6.07, 6.45) is 5.31. The van der Waals surface area contributed by atoms with Crippen molar-refractivity contribution in [3.63, 3.8) is 0 Å². The largest absolute Gasteiger partial charge is 0.452 e. The summed E-state index contributed by atoms with van der Waals surface area (Å²) < 4.78 is 32.8. The number of amides is 1. The molecule has 1 heterocycles. The number of esters is 1. The second-order valence-electron chi connectivity index (χ2n) is 9.32. The minimum absolute atomic E-state index is 0.167. The van der Waals surface area contributed by atoms with Crippen LogP contribution < -0.4 is 5.32 Å². The molecule has 1 N–H and O–H groups in total. The lowest BCUT2D eigenvalue weighted by Gasteiger charge is -2.31. The van der Waals surface area contributed by atoms with Gasteiger partial charge in [0.1, 0.15) is 0 Å². The second-order valence-corrected chi connectivity index (χ2v) is 11.3. The first-order valence-electron chi connectivity index (χ1n) is 11.8. The lowest BCUT2D eigenvalue weighted by molar-refractivity contribution is -0.160. The van der Waals surface area contributed by atoms with Gasteiger partial charge in [0.25, 0.3) is 5.91 Å². The van der Waals surface area contributed by atoms with E-state index >= 15 is 0 Å². The lowest BCUT2D eigenvalue weighted by atomic mass is 9.95. The molecule has 0 aromatic heterocycles. The Morgan fingerprint density at radius 2 is 1.56 bits per heavy atom. The molecule has 8 heteroatoms. The number of sulfonamides is 1. The maximum atomic E-state index is 13.0. The number of hydrogen-bond acceptors (Lipinski definition) is 5. The van der Waals surface area contributed by atoms with Gasteiger partial charge < -0.3 is 10.1 Å². The Hall–Kier alpha value is -1.93. The van der Waals surface area contributed by atoms with E-state index in [-0.39, 0.29) is 29.9 Å². The molecule has 1 unspecified atom stereocenters. The molecule has 1 saturated heterocycles. The summed E-state index contributed by atoms with van der Waals surface area (Å²) in [5.74, 6) is -0.736. The summed E-state index contributed by atoms with van der Waals surface area (Å²) in [6.45, 7) is 6.24. The Bertz CT molecular complexity index is 883. The average Bonchev–Trinajstić information content (AvgIpc) is 2.79. The Morgan fingerprint density at radius 1 is 0.969 bits per heavy atom. The van der Waals surface area contributed by atoms with E-state index in [2.05, 4.69) is 19.2 Å². The number of carbonyl (C=O) groups excluding carboxylic acids is 2. The summed E-state index contributed by atoms with van der Waals surface area (Å²) in [5, 5.41) is 2.98. The first kappa shape index (κ1) is 24.7. The summed E-state index contributed by atoms with van der Waals surface area (Å²) in [4.78, 5) is 25.2. The summed E-state index contributed by atoms with van der Waals surface area (Å²) >= 11 is 0. The van der Waals surface area contributed by atoms with Gasteiger partial charge in [-0.05, 0) is 56.2 Å². The quantitative estimate of drug-likeness (QED) is 0.623. The topological polar surface area (TPSA) is 92.8 Å². The Labute approximate surface area is 191 Å². The van der Waals surface area contributed by atoms with Crippen molar-refractivity contribution in [2.24, 2.45) is 5.92 Å². The van der Waals surface area contributed by atoms with E-state index in [1.807, 2.05) is 12.1 Å². The smallest absolute Gasteiger partial charge is 0.309 e. The normalized spacial score (nSPS) is 20.1. The highest BCUT2D eigenvalue weighted by Crippen LogP contribution is 2.26. The van der Waals surface area contributed by atoms with E-state index in [0.29, 0.717) is 18.8 Å². The molecule has 1 aromatic carbocycles. The highest BCUT2D eigenvalue weighted by molar-refractivity contribution is 7.89. The minimum Gasteiger partial charge on any atom is -0.452 e. The van der Waals surface area contributed by atoms with Crippen LogP contribution in [0.3, 0.4) is 0 Å². The first-order valence-corrected chi connectivity index (χ1v) is 13.2. The van der Waals surface area contributed by atoms with Gasteiger partial charge in [-0.25, -0.2) is 8.42 Å². The zero-order valence-electron chi connectivity index (χ0n) is 19.4. The van der Waals surface area contributed by atoms with Gasteiger partial charge in [0.2, 0.25) is 10.0 Å². The van der Waals surface area contributed by atoms with Crippen molar-refractivity contribution in [2.45, 2.75) is 88.7 Å². The number of nitrogens with one attached hydrogen (secondary N) is 1. The van der Waals surface area contributed by atoms with Crippen molar-refractivity contribution in [3.8, 4) is 0 Å². The molecule has 1 saturated carbocycles. The molecule has 1 amide bonds. The van der Waals surface area contributed by atoms with Crippen LogP contribution in [0.5, 0.6) is 0 Å². The fraction of sp³-hybridized carbons (Fsp3) is 0.667. The summed E-state index contributed by atoms with van der Waals surface area (Å²) in [5.41, 5.74) is 1.09. The van der Waals surface area contributed by atoms with Gasteiger partial charge in [0.05, 0.1) is 10.8 Å². The standard InChI is InChI=1S/C24H36N2O5S/c1-17(2)19-9-11-22(12-10-19)32(29,30)26-15-13-20(14-16-26)24(28)31-18(3)23(27)25-21-7-5-4-6-8-21/h9-12,17-18,20-21H,4-8,13-16H2,1-3H3,(H,25,27). The second kappa shape index (κ2) is 10.8. The molecular weight excluding hydrogens is 428 g/mol. The van der Waals surface area contributed by atoms with E-state index in [1.54, 1.807) is 19.1 Å². The number of carbonyl (C=O) groups is 2. The zero-order valence-corrected chi connectivity index (χ0v) is 20.2. The number of hydrogen-bond donors (Lipinski definition) is 1. The van der Waals surface area contributed by atoms with Crippen LogP contribution in [0.4, 0.5) is 0 Å². The van der Waals surface area contributed by atoms with Gasteiger partial charge in [-0.1, -0.05) is 45.2 Å². The Morgan fingerprint density at radius 3 is 2.12 bits per heavy atom. The molecule has 32 heavy (non-hydrogen) atoms. The van der Waals surface area contributed by atoms with Crippen LogP contribution in [0.25, 0.3) is 0 Å². The molecule has 0 bridgehead atoms. The molecule has 1 aromatic rings. The van der Waals surface area contributed by atoms with E-state index in [1.165, 1.54) is 10.7 Å². The van der Waals surface area contributed by atoms with E-state index in [4.69, 9.17) is 4.74 Å². The van der Waals surface area contributed by atoms with Crippen molar-refractivity contribution >= 4 is 21.9 Å². The molecule has 0 spiro atoms. The van der Waals surface area contributed by atoms with E-state index in [0.717, 1.165) is 31.2 Å². The van der Waals surface area contributed by atoms with Gasteiger partial charge >= 0.3 is 5.97 Å². The first-order chi connectivity index (χ1) is 15.2. The third-order valence-corrected chi connectivity index (χ3v) is 8.50. The van der Waals surface area contributed by atoms with E-state index in [9.17, 15) is 18.0 Å². The monoisotopic (exact) mass is 464 g/mol. The maximum absolute atomic E-state index is 13.0. The number of rotatable bonds is 7. The average molecular weight is 465 g/mol. The predicted octanol–water partition coefficient (Wildman–Crippen LogP) is 3.59. The van der Waals surface area contributed by atoms with Crippen LogP contribution in [0.2, 0.25) is 0 Å². The van der Waals surface area contributed by atoms with Gasteiger partial charge in [0, 0.05) is 19.1 Å². The van der Waals surface area contributed by atoms with Gasteiger partial charge in [0.15, 0.2) is 6.10 Å². The molecule has 1 atom stereocenters. The number of piperidine rings is 1. The maximum Gasteiger partial charge on any atom is 0.309 e. The van der Waals surface area contributed by atoms with Crippen LogP contribution in [0.1, 0.15) is 77.2 Å². The molecule has 0 radical (unpaired) electrons. The van der Waals surface area contributed by atoms with Crippen LogP contribution in [0.15, 0.2) is 29.2 Å². The summed E-state index contributed by atoms with van der Waals surface area (Å²) in [6, 6.07) is 7.17.